The molecule has 2 atom stereocenters. The van der Waals surface area contributed by atoms with Crippen LogP contribution in [0, 0.1) is 0 Å². The van der Waals surface area contributed by atoms with Gasteiger partial charge in [-0.3, -0.25) is 9.69 Å². The Kier molecular flexibility index (Phi) is 4.64. The smallest absolute Gasteiger partial charge is 0.219 e. The average Bonchev–Trinajstić information content (AvgIpc) is 2.89. The first-order valence-electron chi connectivity index (χ1n) is 8.03. The number of ether oxygens (including phenoxy) is 1. The summed E-state index contributed by atoms with van der Waals surface area (Å²) in [6.07, 6.45) is 1.33. The molecule has 2 aliphatic rings. The fourth-order valence-corrected chi connectivity index (χ4v) is 3.42. The Hall–Kier alpha value is -1.59. The third-order valence-corrected chi connectivity index (χ3v) is 4.72. The molecule has 0 aliphatic carbocycles. The molecule has 5 nitrogen and oxygen atoms in total. The first-order valence-corrected chi connectivity index (χ1v) is 8.03. The monoisotopic (exact) mass is 304 g/mol. The maximum absolute atomic E-state index is 11.4. The second kappa shape index (κ2) is 6.67. The standard InChI is InChI=1S/C17H24N2O3/c1-13(20)18-9-7-14(8-10-18)19-11-16(21)17(12-19)22-15-5-3-2-4-6-15/h2-6,14,16-17,21H,7-12H2,1H3/t16-,17-/m1/s1. The highest BCUT2D eigenvalue weighted by Crippen LogP contribution is 2.24. The van der Waals surface area contributed by atoms with Crippen LogP contribution in [0.4, 0.5) is 0 Å². The molecule has 0 unspecified atom stereocenters. The first kappa shape index (κ1) is 15.3. The number of β-amino-alcohol motifs (C(OH)–C–C–N with tert-alkyl or cyclic N) is 1. The Labute approximate surface area is 131 Å². The van der Waals surface area contributed by atoms with Crippen molar-refractivity contribution in [3.8, 4) is 5.75 Å². The summed E-state index contributed by atoms with van der Waals surface area (Å²) >= 11 is 0. The number of rotatable bonds is 3. The van der Waals surface area contributed by atoms with Crippen molar-refractivity contribution in [3.63, 3.8) is 0 Å². The van der Waals surface area contributed by atoms with Crippen molar-refractivity contribution in [2.24, 2.45) is 0 Å². The molecule has 1 aromatic carbocycles. The van der Waals surface area contributed by atoms with Gasteiger partial charge in [0, 0.05) is 39.1 Å². The average molecular weight is 304 g/mol. The molecule has 2 fully saturated rings. The minimum Gasteiger partial charge on any atom is -0.486 e. The number of hydrogen-bond donors (Lipinski definition) is 1. The molecule has 0 saturated carbocycles. The Morgan fingerprint density at radius 2 is 1.86 bits per heavy atom. The molecule has 0 spiro atoms. The van der Waals surface area contributed by atoms with Crippen LogP contribution in [0.3, 0.4) is 0 Å². The molecule has 120 valence electrons. The fourth-order valence-electron chi connectivity index (χ4n) is 3.42. The van der Waals surface area contributed by atoms with Gasteiger partial charge in [0.05, 0.1) is 0 Å². The van der Waals surface area contributed by atoms with Crippen molar-refractivity contribution in [1.29, 1.82) is 0 Å². The Morgan fingerprint density at radius 3 is 2.50 bits per heavy atom. The second-order valence-electron chi connectivity index (χ2n) is 6.23. The molecule has 3 rings (SSSR count). The van der Waals surface area contributed by atoms with Gasteiger partial charge in [0.2, 0.25) is 5.91 Å². The lowest BCUT2D eigenvalue weighted by atomic mass is 10.0. The molecule has 1 aromatic rings. The van der Waals surface area contributed by atoms with E-state index in [4.69, 9.17) is 4.74 Å². The molecule has 22 heavy (non-hydrogen) atoms. The van der Waals surface area contributed by atoms with Crippen molar-refractivity contribution >= 4 is 5.91 Å². The van der Waals surface area contributed by atoms with Gasteiger partial charge in [-0.25, -0.2) is 0 Å². The first-order chi connectivity index (χ1) is 10.6. The van der Waals surface area contributed by atoms with Crippen LogP contribution in [0.25, 0.3) is 0 Å². The molecule has 2 heterocycles. The van der Waals surface area contributed by atoms with Crippen LogP contribution >= 0.6 is 0 Å². The number of nitrogens with zero attached hydrogens (tertiary/aromatic N) is 2. The number of aliphatic hydroxyl groups is 1. The fraction of sp³-hybridized carbons (Fsp3) is 0.588. The molecule has 2 aliphatic heterocycles. The highest BCUT2D eigenvalue weighted by molar-refractivity contribution is 5.73. The number of benzene rings is 1. The van der Waals surface area contributed by atoms with Gasteiger partial charge in [0.1, 0.15) is 18.0 Å². The summed E-state index contributed by atoms with van der Waals surface area (Å²) < 4.78 is 5.91. The van der Waals surface area contributed by atoms with E-state index in [9.17, 15) is 9.90 Å². The van der Waals surface area contributed by atoms with Gasteiger partial charge in [0.15, 0.2) is 0 Å². The predicted molar refractivity (Wildman–Crippen MR) is 83.7 cm³/mol. The Morgan fingerprint density at radius 1 is 1.18 bits per heavy atom. The number of para-hydroxylation sites is 1. The quantitative estimate of drug-likeness (QED) is 0.909. The van der Waals surface area contributed by atoms with E-state index in [2.05, 4.69) is 4.90 Å². The van der Waals surface area contributed by atoms with Crippen molar-refractivity contribution < 1.29 is 14.6 Å². The molecule has 0 radical (unpaired) electrons. The summed E-state index contributed by atoms with van der Waals surface area (Å²) in [6, 6.07) is 10.1. The maximum Gasteiger partial charge on any atom is 0.219 e. The molecule has 0 bridgehead atoms. The normalized spacial score (nSPS) is 27.1. The number of carbonyl (C=O) groups is 1. The SMILES string of the molecule is CC(=O)N1CCC(N2C[C@@H](O)[C@H](Oc3ccccc3)C2)CC1. The highest BCUT2D eigenvalue weighted by Gasteiger charge is 2.37. The molecule has 2 saturated heterocycles. The molecular formula is C17H24N2O3. The topological polar surface area (TPSA) is 53.0 Å². The van der Waals surface area contributed by atoms with Gasteiger partial charge in [-0.2, -0.15) is 0 Å². The number of hydrogen-bond acceptors (Lipinski definition) is 4. The number of likely N-dealkylation sites (tertiary alicyclic amines) is 2. The summed E-state index contributed by atoms with van der Waals surface area (Å²) in [5, 5.41) is 10.3. The second-order valence-corrected chi connectivity index (χ2v) is 6.23. The summed E-state index contributed by atoms with van der Waals surface area (Å²) in [7, 11) is 0. The van der Waals surface area contributed by atoms with Gasteiger partial charge >= 0.3 is 0 Å². The predicted octanol–water partition coefficient (Wildman–Crippen LogP) is 1.12. The van der Waals surface area contributed by atoms with Crippen molar-refractivity contribution in [2.45, 2.75) is 38.0 Å². The van der Waals surface area contributed by atoms with E-state index in [1.54, 1.807) is 6.92 Å². The lowest BCUT2D eigenvalue weighted by Gasteiger charge is -2.36. The molecule has 0 aromatic heterocycles. The van der Waals surface area contributed by atoms with E-state index >= 15 is 0 Å². The van der Waals surface area contributed by atoms with Gasteiger partial charge in [-0.05, 0) is 25.0 Å². The molecular weight excluding hydrogens is 280 g/mol. The van der Waals surface area contributed by atoms with Crippen LogP contribution in [0.1, 0.15) is 19.8 Å². The van der Waals surface area contributed by atoms with E-state index in [-0.39, 0.29) is 12.0 Å². The van der Waals surface area contributed by atoms with Gasteiger partial charge in [0.25, 0.3) is 0 Å². The van der Waals surface area contributed by atoms with Crippen LogP contribution in [0.2, 0.25) is 0 Å². The van der Waals surface area contributed by atoms with E-state index < -0.39 is 6.10 Å². The largest absolute Gasteiger partial charge is 0.486 e. The number of aliphatic hydroxyl groups excluding tert-OH is 1. The summed E-state index contributed by atoms with van der Waals surface area (Å²) in [5.74, 6) is 0.963. The zero-order valence-electron chi connectivity index (χ0n) is 13.0. The number of carbonyl (C=O) groups excluding carboxylic acids is 1. The molecule has 5 heteroatoms. The van der Waals surface area contributed by atoms with Gasteiger partial charge < -0.3 is 14.7 Å². The minimum atomic E-state index is -0.453. The van der Waals surface area contributed by atoms with Crippen molar-refractivity contribution in [1.82, 2.24) is 9.80 Å². The van der Waals surface area contributed by atoms with Crippen molar-refractivity contribution in [2.75, 3.05) is 26.2 Å². The number of piperidine rings is 1. The summed E-state index contributed by atoms with van der Waals surface area (Å²) in [5.41, 5.74) is 0. The summed E-state index contributed by atoms with van der Waals surface area (Å²) in [6.45, 7) is 4.67. The van der Waals surface area contributed by atoms with Crippen LogP contribution < -0.4 is 4.74 Å². The Bertz CT molecular complexity index is 500. The van der Waals surface area contributed by atoms with Crippen LogP contribution in [0.15, 0.2) is 30.3 Å². The minimum absolute atomic E-state index is 0.158. The van der Waals surface area contributed by atoms with E-state index in [0.29, 0.717) is 12.6 Å². The lowest BCUT2D eigenvalue weighted by Crippen LogP contribution is -2.45. The lowest BCUT2D eigenvalue weighted by molar-refractivity contribution is -0.130. The van der Waals surface area contributed by atoms with Crippen molar-refractivity contribution in [3.05, 3.63) is 30.3 Å². The van der Waals surface area contributed by atoms with Gasteiger partial charge in [-0.1, -0.05) is 18.2 Å². The molecule has 1 N–H and O–H groups in total. The van der Waals surface area contributed by atoms with Crippen LogP contribution in [-0.4, -0.2) is 65.2 Å². The third-order valence-electron chi connectivity index (χ3n) is 4.72. The zero-order chi connectivity index (χ0) is 15.5. The van der Waals surface area contributed by atoms with Crippen LogP contribution in [-0.2, 0) is 4.79 Å². The van der Waals surface area contributed by atoms with E-state index in [1.165, 1.54) is 0 Å². The van der Waals surface area contributed by atoms with Crippen LogP contribution in [0.5, 0.6) is 5.75 Å². The van der Waals surface area contributed by atoms with E-state index in [1.807, 2.05) is 35.2 Å². The zero-order valence-corrected chi connectivity index (χ0v) is 13.0. The van der Waals surface area contributed by atoms with E-state index in [0.717, 1.165) is 38.2 Å². The Balaban J connectivity index is 1.54. The third kappa shape index (κ3) is 3.42. The summed E-state index contributed by atoms with van der Waals surface area (Å²) in [4.78, 5) is 15.6. The molecule has 1 amide bonds. The highest BCUT2D eigenvalue weighted by atomic mass is 16.5. The maximum atomic E-state index is 11.4. The number of amides is 1. The van der Waals surface area contributed by atoms with Gasteiger partial charge in [-0.15, -0.1) is 0 Å².